The maximum atomic E-state index is 13.0. The van der Waals surface area contributed by atoms with Gasteiger partial charge in [0.2, 0.25) is 0 Å². The summed E-state index contributed by atoms with van der Waals surface area (Å²) in [5.74, 6) is -0.968. The summed E-state index contributed by atoms with van der Waals surface area (Å²) in [6.07, 6.45) is -0.670. The number of ether oxygens (including phenoxy) is 1. The van der Waals surface area contributed by atoms with Gasteiger partial charge in [0.1, 0.15) is 11.9 Å². The first kappa shape index (κ1) is 14.5. The molecule has 0 saturated carbocycles. The predicted molar refractivity (Wildman–Crippen MR) is 70.5 cm³/mol. The molecular weight excluding hydrogens is 289 g/mol. The van der Waals surface area contributed by atoms with E-state index in [1.54, 1.807) is 0 Å². The number of amidine groups is 1. The first-order valence-electron chi connectivity index (χ1n) is 5.86. The number of carbonyl (C=O) groups is 1. The number of nitrogens with zero attached hydrogens (tertiary/aromatic N) is 2. The molecule has 1 aromatic rings. The van der Waals surface area contributed by atoms with Crippen LogP contribution < -0.4 is 5.73 Å². The fourth-order valence-electron chi connectivity index (χ4n) is 1.91. The van der Waals surface area contributed by atoms with E-state index in [0.29, 0.717) is 6.54 Å². The van der Waals surface area contributed by atoms with E-state index in [0.717, 1.165) is 6.07 Å². The Morgan fingerprint density at radius 2 is 2.35 bits per heavy atom. The third-order valence-corrected chi connectivity index (χ3v) is 3.27. The molecule has 1 fully saturated rings. The summed E-state index contributed by atoms with van der Waals surface area (Å²) in [6.45, 7) is 0.746. The quantitative estimate of drug-likeness (QED) is 0.370. The zero-order valence-corrected chi connectivity index (χ0v) is 11.2. The van der Waals surface area contributed by atoms with Gasteiger partial charge in [-0.3, -0.25) is 4.79 Å². The summed E-state index contributed by atoms with van der Waals surface area (Å²) < 4.78 is 18.3. The molecule has 108 valence electrons. The van der Waals surface area contributed by atoms with Gasteiger partial charge in [-0.05, 0) is 18.2 Å². The lowest BCUT2D eigenvalue weighted by Crippen LogP contribution is -2.50. The lowest BCUT2D eigenvalue weighted by atomic mass is 10.1. The van der Waals surface area contributed by atoms with Gasteiger partial charge in [-0.15, -0.1) is 0 Å². The van der Waals surface area contributed by atoms with E-state index in [-0.39, 0.29) is 35.5 Å². The highest BCUT2D eigenvalue weighted by Gasteiger charge is 2.28. The van der Waals surface area contributed by atoms with Crippen LogP contribution >= 0.6 is 11.6 Å². The van der Waals surface area contributed by atoms with Crippen molar-refractivity contribution in [1.29, 1.82) is 0 Å². The Balaban J connectivity index is 2.16. The first-order valence-corrected chi connectivity index (χ1v) is 6.24. The van der Waals surface area contributed by atoms with Crippen molar-refractivity contribution in [2.75, 3.05) is 19.7 Å². The molecule has 3 N–H and O–H groups in total. The van der Waals surface area contributed by atoms with Crippen molar-refractivity contribution < 1.29 is 19.1 Å². The van der Waals surface area contributed by atoms with Crippen molar-refractivity contribution in [1.82, 2.24) is 4.90 Å². The molecule has 1 atom stereocenters. The Bertz CT molecular complexity index is 553. The topological polar surface area (TPSA) is 88.2 Å². The molecule has 2 rings (SSSR count). The molecule has 1 aliphatic rings. The van der Waals surface area contributed by atoms with Crippen molar-refractivity contribution in [3.8, 4) is 0 Å². The molecule has 1 heterocycles. The second-order valence-electron chi connectivity index (χ2n) is 4.26. The van der Waals surface area contributed by atoms with Gasteiger partial charge >= 0.3 is 0 Å². The summed E-state index contributed by atoms with van der Waals surface area (Å²) in [7, 11) is 0. The van der Waals surface area contributed by atoms with Crippen molar-refractivity contribution in [3.05, 3.63) is 34.6 Å². The molecule has 1 unspecified atom stereocenters. The molecule has 1 aromatic carbocycles. The van der Waals surface area contributed by atoms with E-state index < -0.39 is 11.9 Å². The zero-order valence-electron chi connectivity index (χ0n) is 10.4. The molecule has 20 heavy (non-hydrogen) atoms. The third-order valence-electron chi connectivity index (χ3n) is 2.96. The molecule has 1 aliphatic heterocycles. The number of rotatable bonds is 2. The lowest BCUT2D eigenvalue weighted by Gasteiger charge is -2.32. The average molecular weight is 302 g/mol. The lowest BCUT2D eigenvalue weighted by molar-refractivity contribution is 0.00676. The number of oxime groups is 1. The van der Waals surface area contributed by atoms with Crippen LogP contribution in [0.5, 0.6) is 0 Å². The Morgan fingerprint density at radius 3 is 3.00 bits per heavy atom. The molecule has 0 radical (unpaired) electrons. The van der Waals surface area contributed by atoms with Crippen LogP contribution in [0.25, 0.3) is 0 Å². The largest absolute Gasteiger partial charge is 0.409 e. The van der Waals surface area contributed by atoms with Gasteiger partial charge < -0.3 is 20.6 Å². The van der Waals surface area contributed by atoms with Crippen molar-refractivity contribution in [3.63, 3.8) is 0 Å². The monoisotopic (exact) mass is 301 g/mol. The maximum absolute atomic E-state index is 13.0. The minimum atomic E-state index is -0.670. The summed E-state index contributed by atoms with van der Waals surface area (Å²) in [6, 6.07) is 3.57. The number of hydrogen-bond donors (Lipinski definition) is 2. The SMILES string of the molecule is NC(=NO)C1CN(C(=O)c2ccc(F)cc2Cl)CCO1. The zero-order chi connectivity index (χ0) is 14.7. The van der Waals surface area contributed by atoms with E-state index in [1.807, 2.05) is 0 Å². The molecule has 8 heteroatoms. The van der Waals surface area contributed by atoms with E-state index in [1.165, 1.54) is 17.0 Å². The van der Waals surface area contributed by atoms with Crippen LogP contribution in [0, 0.1) is 5.82 Å². The Labute approximate surface area is 119 Å². The highest BCUT2D eigenvalue weighted by molar-refractivity contribution is 6.33. The van der Waals surface area contributed by atoms with Crippen LogP contribution in [0.4, 0.5) is 4.39 Å². The summed E-state index contributed by atoms with van der Waals surface area (Å²) >= 11 is 5.86. The second kappa shape index (κ2) is 6.06. The predicted octanol–water partition coefficient (Wildman–Crippen LogP) is 1.07. The standard InChI is InChI=1S/C12H13ClFN3O3/c13-9-5-7(14)1-2-8(9)12(18)17-3-4-20-10(6-17)11(15)16-19/h1-2,5,10,19H,3-4,6H2,(H2,15,16). The summed E-state index contributed by atoms with van der Waals surface area (Å²) in [4.78, 5) is 13.8. The first-order chi connectivity index (χ1) is 9.52. The molecule has 6 nitrogen and oxygen atoms in total. The Morgan fingerprint density at radius 1 is 1.60 bits per heavy atom. The van der Waals surface area contributed by atoms with Crippen LogP contribution in [-0.2, 0) is 4.74 Å². The van der Waals surface area contributed by atoms with Crippen LogP contribution in [0.15, 0.2) is 23.4 Å². The van der Waals surface area contributed by atoms with Gasteiger partial charge in [0.05, 0.1) is 23.7 Å². The number of amides is 1. The summed E-state index contributed by atoms with van der Waals surface area (Å²) in [5, 5.41) is 11.5. The highest BCUT2D eigenvalue weighted by Crippen LogP contribution is 2.20. The Kier molecular flexibility index (Phi) is 4.41. The number of benzene rings is 1. The second-order valence-corrected chi connectivity index (χ2v) is 4.67. The van der Waals surface area contributed by atoms with Gasteiger partial charge in [-0.2, -0.15) is 0 Å². The van der Waals surface area contributed by atoms with Crippen LogP contribution in [-0.4, -0.2) is 47.7 Å². The van der Waals surface area contributed by atoms with Gasteiger partial charge in [0.25, 0.3) is 5.91 Å². The van der Waals surface area contributed by atoms with Crippen molar-refractivity contribution in [2.45, 2.75) is 6.10 Å². The average Bonchev–Trinajstić information content (AvgIpc) is 2.46. The molecule has 1 saturated heterocycles. The minimum Gasteiger partial charge on any atom is -0.409 e. The Hall–Kier alpha value is -1.86. The van der Waals surface area contributed by atoms with Crippen LogP contribution in [0.3, 0.4) is 0 Å². The van der Waals surface area contributed by atoms with Gasteiger partial charge in [0.15, 0.2) is 5.84 Å². The summed E-state index contributed by atoms with van der Waals surface area (Å²) in [5.41, 5.74) is 5.66. The molecular formula is C12H13ClFN3O3. The van der Waals surface area contributed by atoms with E-state index in [2.05, 4.69) is 5.16 Å². The van der Waals surface area contributed by atoms with Crippen molar-refractivity contribution in [2.24, 2.45) is 10.9 Å². The van der Waals surface area contributed by atoms with Crippen LogP contribution in [0.2, 0.25) is 5.02 Å². The third kappa shape index (κ3) is 3.00. The fourth-order valence-corrected chi connectivity index (χ4v) is 2.16. The number of hydrogen-bond acceptors (Lipinski definition) is 4. The molecule has 0 bridgehead atoms. The van der Waals surface area contributed by atoms with Crippen LogP contribution in [0.1, 0.15) is 10.4 Å². The van der Waals surface area contributed by atoms with E-state index in [9.17, 15) is 9.18 Å². The number of halogens is 2. The van der Waals surface area contributed by atoms with Gasteiger partial charge in [-0.25, -0.2) is 4.39 Å². The normalized spacial score (nSPS) is 20.0. The van der Waals surface area contributed by atoms with Crippen molar-refractivity contribution >= 4 is 23.3 Å². The fraction of sp³-hybridized carbons (Fsp3) is 0.333. The smallest absolute Gasteiger partial charge is 0.255 e. The molecule has 0 spiro atoms. The number of nitrogens with two attached hydrogens (primary N) is 1. The molecule has 1 amide bonds. The van der Waals surface area contributed by atoms with Gasteiger partial charge in [-0.1, -0.05) is 16.8 Å². The van der Waals surface area contributed by atoms with E-state index in [4.69, 9.17) is 27.3 Å². The van der Waals surface area contributed by atoms with Gasteiger partial charge in [0, 0.05) is 6.54 Å². The number of carbonyl (C=O) groups excluding carboxylic acids is 1. The maximum Gasteiger partial charge on any atom is 0.255 e. The highest BCUT2D eigenvalue weighted by atomic mass is 35.5. The molecule has 0 aliphatic carbocycles. The van der Waals surface area contributed by atoms with E-state index >= 15 is 0 Å². The number of morpholine rings is 1. The molecule has 0 aromatic heterocycles. The minimum absolute atomic E-state index is 0.0434.